The zero-order valence-corrected chi connectivity index (χ0v) is 15.1. The van der Waals surface area contributed by atoms with Crippen LogP contribution in [0.2, 0.25) is 0 Å². The second-order valence-corrected chi connectivity index (χ2v) is 6.50. The maximum Gasteiger partial charge on any atom is 0.131 e. The molecule has 28 heavy (non-hydrogen) atoms. The van der Waals surface area contributed by atoms with Gasteiger partial charge in [0.2, 0.25) is 0 Å². The first kappa shape index (κ1) is 17.9. The van der Waals surface area contributed by atoms with Gasteiger partial charge in [-0.15, -0.1) is 0 Å². The number of hydrogen-bond donors (Lipinski definition) is 0. The van der Waals surface area contributed by atoms with Gasteiger partial charge in [-0.2, -0.15) is 0 Å². The molecule has 0 aromatic heterocycles. The summed E-state index contributed by atoms with van der Waals surface area (Å²) in [5.41, 5.74) is 3.63. The van der Waals surface area contributed by atoms with Gasteiger partial charge in [0.25, 0.3) is 0 Å². The number of ether oxygens (including phenoxy) is 1. The van der Waals surface area contributed by atoms with Crippen LogP contribution in [-0.2, 0) is 6.61 Å². The highest BCUT2D eigenvalue weighted by molar-refractivity contribution is 5.71. The number of hydrogen-bond acceptors (Lipinski definition) is 1. The summed E-state index contributed by atoms with van der Waals surface area (Å²) in [7, 11) is 0. The van der Waals surface area contributed by atoms with Crippen molar-refractivity contribution >= 4 is 0 Å². The van der Waals surface area contributed by atoms with Crippen molar-refractivity contribution in [3.8, 4) is 28.0 Å². The molecule has 1 nitrogen and oxygen atoms in total. The van der Waals surface area contributed by atoms with Crippen molar-refractivity contribution in [3.63, 3.8) is 0 Å². The van der Waals surface area contributed by atoms with Gasteiger partial charge in [-0.05, 0) is 52.6 Å². The molecule has 4 aromatic rings. The van der Waals surface area contributed by atoms with Crippen LogP contribution in [0.4, 0.5) is 8.78 Å². The summed E-state index contributed by atoms with van der Waals surface area (Å²) in [6, 6.07) is 28.3. The lowest BCUT2D eigenvalue weighted by Gasteiger charge is -2.09. The molecule has 0 heterocycles. The summed E-state index contributed by atoms with van der Waals surface area (Å²) >= 11 is 0. The number of benzene rings is 4. The zero-order valence-electron chi connectivity index (χ0n) is 15.1. The smallest absolute Gasteiger partial charge is 0.131 e. The molecule has 0 saturated heterocycles. The van der Waals surface area contributed by atoms with Gasteiger partial charge in [-0.1, -0.05) is 66.7 Å². The van der Waals surface area contributed by atoms with Crippen molar-refractivity contribution in [2.45, 2.75) is 6.61 Å². The minimum atomic E-state index is -0.347. The van der Waals surface area contributed by atoms with Crippen molar-refractivity contribution < 1.29 is 13.5 Å². The van der Waals surface area contributed by atoms with E-state index in [2.05, 4.69) is 0 Å². The van der Waals surface area contributed by atoms with E-state index in [-0.39, 0.29) is 11.6 Å². The Balaban J connectivity index is 1.51. The SMILES string of the molecule is Fc1cccc(-c2ccc(-c3ccc(OCc4ccccc4)cc3)c(F)c2)c1. The Morgan fingerprint density at radius 2 is 1.32 bits per heavy atom. The second kappa shape index (κ2) is 8.05. The van der Waals surface area contributed by atoms with Crippen molar-refractivity contribution in [3.05, 3.63) is 114 Å². The van der Waals surface area contributed by atoms with Crippen LogP contribution in [0.1, 0.15) is 5.56 Å². The summed E-state index contributed by atoms with van der Waals surface area (Å²) in [6.07, 6.45) is 0. The van der Waals surface area contributed by atoms with E-state index in [0.717, 1.165) is 16.9 Å². The fraction of sp³-hybridized carbons (Fsp3) is 0.0400. The highest BCUT2D eigenvalue weighted by Crippen LogP contribution is 2.29. The number of halogens is 2. The van der Waals surface area contributed by atoms with E-state index >= 15 is 0 Å². The average molecular weight is 372 g/mol. The highest BCUT2D eigenvalue weighted by Gasteiger charge is 2.08. The van der Waals surface area contributed by atoms with Gasteiger partial charge in [-0.3, -0.25) is 0 Å². The Labute approximate surface area is 162 Å². The quantitative estimate of drug-likeness (QED) is 0.371. The largest absolute Gasteiger partial charge is 0.489 e. The Hall–Kier alpha value is -3.46. The van der Waals surface area contributed by atoms with Gasteiger partial charge in [0.15, 0.2) is 0 Å². The first-order chi connectivity index (χ1) is 13.7. The predicted molar refractivity (Wildman–Crippen MR) is 108 cm³/mol. The van der Waals surface area contributed by atoms with E-state index in [9.17, 15) is 8.78 Å². The van der Waals surface area contributed by atoms with E-state index in [1.54, 1.807) is 24.3 Å². The third-order valence-corrected chi connectivity index (χ3v) is 4.54. The van der Waals surface area contributed by atoms with Crippen molar-refractivity contribution in [1.82, 2.24) is 0 Å². The Morgan fingerprint density at radius 3 is 2.04 bits per heavy atom. The molecule has 4 rings (SSSR count). The van der Waals surface area contributed by atoms with E-state index in [1.165, 1.54) is 18.2 Å². The first-order valence-corrected chi connectivity index (χ1v) is 9.02. The predicted octanol–water partition coefficient (Wildman–Crippen LogP) is 6.88. The molecular weight excluding hydrogens is 354 g/mol. The maximum atomic E-state index is 14.7. The van der Waals surface area contributed by atoms with Crippen LogP contribution in [0, 0.1) is 11.6 Å². The van der Waals surface area contributed by atoms with Crippen molar-refractivity contribution in [2.24, 2.45) is 0 Å². The molecule has 0 spiro atoms. The molecule has 0 fully saturated rings. The fourth-order valence-electron chi connectivity index (χ4n) is 3.07. The van der Waals surface area contributed by atoms with E-state index in [4.69, 9.17) is 4.74 Å². The van der Waals surface area contributed by atoms with Crippen molar-refractivity contribution in [2.75, 3.05) is 0 Å². The first-order valence-electron chi connectivity index (χ1n) is 9.02. The molecule has 4 aromatic carbocycles. The van der Waals surface area contributed by atoms with Crippen LogP contribution in [0.25, 0.3) is 22.3 Å². The second-order valence-electron chi connectivity index (χ2n) is 6.50. The minimum Gasteiger partial charge on any atom is -0.489 e. The van der Waals surface area contributed by atoms with Crippen LogP contribution in [-0.4, -0.2) is 0 Å². The molecule has 0 aliphatic rings. The number of rotatable bonds is 5. The third kappa shape index (κ3) is 4.09. The molecule has 0 N–H and O–H groups in total. The molecule has 138 valence electrons. The van der Waals surface area contributed by atoms with Gasteiger partial charge < -0.3 is 4.74 Å². The summed E-state index contributed by atoms with van der Waals surface area (Å²) in [4.78, 5) is 0. The fourth-order valence-corrected chi connectivity index (χ4v) is 3.07. The summed E-state index contributed by atoms with van der Waals surface area (Å²) < 4.78 is 33.8. The standard InChI is InChI=1S/C25H18F2O/c26-22-8-4-7-20(15-22)21-11-14-24(25(27)16-21)19-9-12-23(13-10-19)28-17-18-5-2-1-3-6-18/h1-16H,17H2. The highest BCUT2D eigenvalue weighted by atomic mass is 19.1. The van der Waals surface area contributed by atoms with Crippen LogP contribution >= 0.6 is 0 Å². The normalized spacial score (nSPS) is 10.6. The van der Waals surface area contributed by atoms with Crippen LogP contribution in [0.3, 0.4) is 0 Å². The zero-order chi connectivity index (χ0) is 19.3. The third-order valence-electron chi connectivity index (χ3n) is 4.54. The molecule has 0 bridgehead atoms. The maximum absolute atomic E-state index is 14.7. The van der Waals surface area contributed by atoms with E-state index in [1.807, 2.05) is 54.6 Å². The topological polar surface area (TPSA) is 9.23 Å². The van der Waals surface area contributed by atoms with Crippen LogP contribution < -0.4 is 4.74 Å². The molecule has 0 amide bonds. The Bertz CT molecular complexity index is 1070. The van der Waals surface area contributed by atoms with Crippen LogP contribution in [0.5, 0.6) is 5.75 Å². The Morgan fingerprint density at radius 1 is 0.607 bits per heavy atom. The summed E-state index contributed by atoms with van der Waals surface area (Å²) in [5, 5.41) is 0. The monoisotopic (exact) mass is 372 g/mol. The van der Waals surface area contributed by atoms with Gasteiger partial charge in [-0.25, -0.2) is 8.78 Å². The minimum absolute atomic E-state index is 0.340. The summed E-state index contributed by atoms with van der Waals surface area (Å²) in [6.45, 7) is 0.483. The summed E-state index contributed by atoms with van der Waals surface area (Å²) in [5.74, 6) is 0.0391. The van der Waals surface area contributed by atoms with Crippen molar-refractivity contribution in [1.29, 1.82) is 0 Å². The van der Waals surface area contributed by atoms with Gasteiger partial charge in [0.05, 0.1) is 0 Å². The molecule has 0 saturated carbocycles. The van der Waals surface area contributed by atoms with E-state index in [0.29, 0.717) is 23.3 Å². The lowest BCUT2D eigenvalue weighted by Crippen LogP contribution is -1.95. The molecule has 0 atom stereocenters. The molecular formula is C25H18F2O. The lowest BCUT2D eigenvalue weighted by atomic mass is 9.99. The van der Waals surface area contributed by atoms with Gasteiger partial charge in [0, 0.05) is 5.56 Å². The molecule has 0 radical (unpaired) electrons. The molecule has 0 aliphatic heterocycles. The molecule has 0 unspecified atom stereocenters. The molecule has 3 heteroatoms. The Kier molecular flexibility index (Phi) is 5.16. The average Bonchev–Trinajstić information content (AvgIpc) is 2.73. The van der Waals surface area contributed by atoms with Gasteiger partial charge in [0.1, 0.15) is 24.0 Å². The van der Waals surface area contributed by atoms with Crippen LogP contribution in [0.15, 0.2) is 97.1 Å². The van der Waals surface area contributed by atoms with Gasteiger partial charge >= 0.3 is 0 Å². The lowest BCUT2D eigenvalue weighted by molar-refractivity contribution is 0.306. The molecule has 0 aliphatic carbocycles. The van der Waals surface area contributed by atoms with E-state index < -0.39 is 0 Å².